The standard InChI is InChI=1S/C25H20F2N2O5S/c26-18-7-3-16(4-8-18)22-21(23(30)17-5-9-19(27)10-6-17)24(31)25(32)29(22)14-13-15-1-11-20(12-2-15)35(28,33)34/h1-12,22,30H,13-14H2,(H2,28,33,34). The second kappa shape index (κ2) is 9.40. The Morgan fingerprint density at radius 2 is 1.43 bits per heavy atom. The minimum Gasteiger partial charge on any atom is -0.507 e. The number of primary sulfonamides is 1. The second-order valence-electron chi connectivity index (χ2n) is 7.99. The zero-order chi connectivity index (χ0) is 25.3. The number of Topliss-reactive ketones (excluding diaryl/α,β-unsaturated/α-hetero) is 1. The van der Waals surface area contributed by atoms with Crippen molar-refractivity contribution in [2.75, 3.05) is 6.54 Å². The van der Waals surface area contributed by atoms with Gasteiger partial charge in [-0.25, -0.2) is 22.3 Å². The van der Waals surface area contributed by atoms with Crippen molar-refractivity contribution in [3.63, 3.8) is 0 Å². The average Bonchev–Trinajstić information content (AvgIpc) is 3.08. The minimum atomic E-state index is -3.86. The molecule has 0 aromatic heterocycles. The van der Waals surface area contributed by atoms with E-state index in [0.29, 0.717) is 11.1 Å². The van der Waals surface area contributed by atoms with Crippen molar-refractivity contribution >= 4 is 27.5 Å². The van der Waals surface area contributed by atoms with E-state index >= 15 is 0 Å². The van der Waals surface area contributed by atoms with Gasteiger partial charge in [-0.05, 0) is 66.1 Å². The molecule has 1 saturated heterocycles. The van der Waals surface area contributed by atoms with Crippen LogP contribution in [0, 0.1) is 11.6 Å². The molecule has 10 heteroatoms. The lowest BCUT2D eigenvalue weighted by atomic mass is 9.95. The Morgan fingerprint density at radius 3 is 1.97 bits per heavy atom. The number of nitrogens with zero attached hydrogens (tertiary/aromatic N) is 1. The average molecular weight is 499 g/mol. The number of amides is 1. The van der Waals surface area contributed by atoms with Gasteiger partial charge >= 0.3 is 0 Å². The van der Waals surface area contributed by atoms with E-state index in [-0.39, 0.29) is 29.0 Å². The number of rotatable bonds is 6. The largest absolute Gasteiger partial charge is 0.507 e. The minimum absolute atomic E-state index is 0.0432. The molecule has 1 aliphatic heterocycles. The van der Waals surface area contributed by atoms with Crippen molar-refractivity contribution in [1.29, 1.82) is 0 Å². The van der Waals surface area contributed by atoms with Gasteiger partial charge in [0.1, 0.15) is 17.4 Å². The number of ketones is 1. The van der Waals surface area contributed by atoms with Gasteiger partial charge in [-0.15, -0.1) is 0 Å². The molecule has 35 heavy (non-hydrogen) atoms. The van der Waals surface area contributed by atoms with E-state index < -0.39 is 45.1 Å². The van der Waals surface area contributed by atoms with Gasteiger partial charge in [-0.2, -0.15) is 0 Å². The SMILES string of the molecule is NS(=O)(=O)c1ccc(CCN2C(=O)C(=O)C(=C(O)c3ccc(F)cc3)C2c2ccc(F)cc2)cc1. The molecule has 4 rings (SSSR count). The molecule has 0 bridgehead atoms. The Bertz CT molecular complexity index is 1420. The van der Waals surface area contributed by atoms with Gasteiger partial charge in [0.25, 0.3) is 11.7 Å². The van der Waals surface area contributed by atoms with Crippen LogP contribution in [-0.4, -0.2) is 36.7 Å². The van der Waals surface area contributed by atoms with Gasteiger partial charge in [-0.1, -0.05) is 24.3 Å². The molecule has 1 fully saturated rings. The van der Waals surface area contributed by atoms with Crippen LogP contribution in [0.5, 0.6) is 0 Å². The van der Waals surface area contributed by atoms with E-state index in [1.807, 2.05) is 0 Å². The monoisotopic (exact) mass is 498 g/mol. The highest BCUT2D eigenvalue weighted by molar-refractivity contribution is 7.89. The van der Waals surface area contributed by atoms with Crippen LogP contribution in [0.1, 0.15) is 22.7 Å². The maximum absolute atomic E-state index is 13.6. The molecule has 0 aliphatic carbocycles. The Balaban J connectivity index is 1.72. The highest BCUT2D eigenvalue weighted by atomic mass is 32.2. The van der Waals surface area contributed by atoms with Crippen LogP contribution >= 0.6 is 0 Å². The van der Waals surface area contributed by atoms with Gasteiger partial charge in [0.05, 0.1) is 16.5 Å². The number of hydrogen-bond donors (Lipinski definition) is 2. The first-order chi connectivity index (χ1) is 16.6. The summed E-state index contributed by atoms with van der Waals surface area (Å²) in [4.78, 5) is 27.1. The van der Waals surface area contributed by atoms with E-state index in [4.69, 9.17) is 5.14 Å². The van der Waals surface area contributed by atoms with E-state index in [9.17, 15) is 31.9 Å². The number of nitrogens with two attached hydrogens (primary N) is 1. The Hall–Kier alpha value is -3.89. The lowest BCUT2D eigenvalue weighted by Crippen LogP contribution is -2.31. The summed E-state index contributed by atoms with van der Waals surface area (Å²) in [5.74, 6) is -3.31. The van der Waals surface area contributed by atoms with Crippen molar-refractivity contribution in [3.8, 4) is 0 Å². The van der Waals surface area contributed by atoms with Crippen LogP contribution in [-0.2, 0) is 26.0 Å². The summed E-state index contributed by atoms with van der Waals surface area (Å²) < 4.78 is 49.9. The summed E-state index contributed by atoms with van der Waals surface area (Å²) >= 11 is 0. The Labute approximate surface area is 200 Å². The van der Waals surface area contributed by atoms with Crippen LogP contribution in [0.2, 0.25) is 0 Å². The number of carbonyl (C=O) groups is 2. The van der Waals surface area contributed by atoms with Crippen LogP contribution in [0.25, 0.3) is 5.76 Å². The predicted molar refractivity (Wildman–Crippen MR) is 123 cm³/mol. The zero-order valence-electron chi connectivity index (χ0n) is 18.2. The maximum atomic E-state index is 13.6. The van der Waals surface area contributed by atoms with Crippen LogP contribution < -0.4 is 5.14 Å². The predicted octanol–water partition coefficient (Wildman–Crippen LogP) is 3.28. The number of likely N-dealkylation sites (tertiary alicyclic amines) is 1. The van der Waals surface area contributed by atoms with Crippen LogP contribution in [0.15, 0.2) is 83.3 Å². The van der Waals surface area contributed by atoms with E-state index in [1.54, 1.807) is 12.1 Å². The molecule has 1 amide bonds. The smallest absolute Gasteiger partial charge is 0.295 e. The second-order valence-corrected chi connectivity index (χ2v) is 9.55. The first-order valence-electron chi connectivity index (χ1n) is 10.5. The molecule has 180 valence electrons. The lowest BCUT2D eigenvalue weighted by Gasteiger charge is -2.25. The summed E-state index contributed by atoms with van der Waals surface area (Å²) in [7, 11) is -3.86. The summed E-state index contributed by atoms with van der Waals surface area (Å²) in [6.45, 7) is 0.0432. The third kappa shape index (κ3) is 4.98. The number of hydrogen-bond acceptors (Lipinski definition) is 5. The molecule has 1 atom stereocenters. The van der Waals surface area contributed by atoms with E-state index in [0.717, 1.165) is 12.1 Å². The molecule has 3 aromatic carbocycles. The third-order valence-electron chi connectivity index (χ3n) is 5.74. The molecular formula is C25H20F2N2O5S. The zero-order valence-corrected chi connectivity index (χ0v) is 19.0. The number of aliphatic hydroxyl groups is 1. The molecule has 0 saturated carbocycles. The highest BCUT2D eigenvalue weighted by Gasteiger charge is 2.45. The fourth-order valence-electron chi connectivity index (χ4n) is 3.96. The van der Waals surface area contributed by atoms with Crippen molar-refractivity contribution in [1.82, 2.24) is 4.90 Å². The topological polar surface area (TPSA) is 118 Å². The van der Waals surface area contributed by atoms with Gasteiger partial charge in [0, 0.05) is 12.1 Å². The summed E-state index contributed by atoms with van der Waals surface area (Å²) in [6.07, 6.45) is 0.256. The normalized spacial score (nSPS) is 17.7. The number of aliphatic hydroxyl groups excluding tert-OH is 1. The number of benzene rings is 3. The van der Waals surface area contributed by atoms with Crippen LogP contribution in [0.3, 0.4) is 0 Å². The van der Waals surface area contributed by atoms with E-state index in [2.05, 4.69) is 0 Å². The molecule has 3 N–H and O–H groups in total. The molecule has 1 unspecified atom stereocenters. The third-order valence-corrected chi connectivity index (χ3v) is 6.67. The van der Waals surface area contributed by atoms with Crippen molar-refractivity contribution in [3.05, 3.63) is 107 Å². The van der Waals surface area contributed by atoms with Crippen LogP contribution in [0.4, 0.5) is 8.78 Å². The number of sulfonamides is 1. The molecule has 7 nitrogen and oxygen atoms in total. The molecule has 1 heterocycles. The molecule has 1 aliphatic rings. The number of carbonyl (C=O) groups excluding carboxylic acids is 2. The maximum Gasteiger partial charge on any atom is 0.295 e. The first kappa shape index (κ1) is 24.2. The highest BCUT2D eigenvalue weighted by Crippen LogP contribution is 2.39. The first-order valence-corrected chi connectivity index (χ1v) is 12.0. The summed E-state index contributed by atoms with van der Waals surface area (Å²) in [5, 5.41) is 16.0. The number of halogens is 2. The van der Waals surface area contributed by atoms with Gasteiger partial charge in [-0.3, -0.25) is 9.59 Å². The lowest BCUT2D eigenvalue weighted by molar-refractivity contribution is -0.139. The molecule has 0 radical (unpaired) electrons. The fraction of sp³-hybridized carbons (Fsp3) is 0.120. The van der Waals surface area contributed by atoms with Gasteiger partial charge < -0.3 is 10.0 Å². The summed E-state index contributed by atoms with van der Waals surface area (Å²) in [6, 6.07) is 14.7. The van der Waals surface area contributed by atoms with E-state index in [1.165, 1.54) is 53.4 Å². The van der Waals surface area contributed by atoms with Crippen molar-refractivity contribution < 1.29 is 31.9 Å². The molecule has 0 spiro atoms. The Kier molecular flexibility index (Phi) is 6.51. The Morgan fingerprint density at radius 1 is 0.886 bits per heavy atom. The molecular weight excluding hydrogens is 478 g/mol. The molecule has 3 aromatic rings. The van der Waals surface area contributed by atoms with Crippen molar-refractivity contribution in [2.24, 2.45) is 5.14 Å². The van der Waals surface area contributed by atoms with Gasteiger partial charge in [0.2, 0.25) is 10.0 Å². The quantitative estimate of drug-likeness (QED) is 0.307. The summed E-state index contributed by atoms with van der Waals surface area (Å²) in [5.41, 5.74) is 1.03. The van der Waals surface area contributed by atoms with Crippen molar-refractivity contribution in [2.45, 2.75) is 17.4 Å². The fourth-order valence-corrected chi connectivity index (χ4v) is 4.48. The van der Waals surface area contributed by atoms with Gasteiger partial charge in [0.15, 0.2) is 0 Å².